The fraction of sp³-hybridized carbons (Fsp3) is 0.273. The lowest BCUT2D eigenvalue weighted by molar-refractivity contribution is 0.681. The molecule has 0 saturated heterocycles. The molecule has 1 aromatic carbocycles. The van der Waals surface area contributed by atoms with Crippen LogP contribution in [0, 0.1) is 0 Å². The predicted molar refractivity (Wildman–Crippen MR) is 59.0 cm³/mol. The van der Waals surface area contributed by atoms with Gasteiger partial charge in [0.1, 0.15) is 0 Å². The van der Waals surface area contributed by atoms with Crippen molar-refractivity contribution in [3.05, 3.63) is 36.0 Å². The maximum absolute atomic E-state index is 5.82. The van der Waals surface area contributed by atoms with E-state index in [1.807, 2.05) is 18.3 Å². The second kappa shape index (κ2) is 3.82. The van der Waals surface area contributed by atoms with Gasteiger partial charge in [-0.05, 0) is 18.1 Å². The fourth-order valence-corrected chi connectivity index (χ4v) is 1.67. The van der Waals surface area contributed by atoms with Crippen LogP contribution in [0.5, 0.6) is 0 Å². The number of benzene rings is 1. The molecule has 0 spiro atoms. The Hall–Kier alpha value is -1.32. The van der Waals surface area contributed by atoms with Crippen LogP contribution >= 0.6 is 0 Å². The molecular formula is C11H15N3. The number of hydrogen-bond acceptors (Lipinski definition) is 2. The highest BCUT2D eigenvalue weighted by Crippen LogP contribution is 2.18. The molecule has 0 aliphatic rings. The van der Waals surface area contributed by atoms with E-state index in [9.17, 15) is 0 Å². The largest absolute Gasteiger partial charge is 0.361 e. The number of aromatic amines is 1. The lowest BCUT2D eigenvalue weighted by Gasteiger charge is -2.06. The Morgan fingerprint density at radius 2 is 2.07 bits per heavy atom. The quantitative estimate of drug-likeness (QED) is 0.674. The molecule has 3 nitrogen and oxygen atoms in total. The van der Waals surface area contributed by atoms with E-state index in [1.54, 1.807) is 0 Å². The molecule has 5 N–H and O–H groups in total. The molecule has 1 heterocycles. The minimum Gasteiger partial charge on any atom is -0.361 e. The summed E-state index contributed by atoms with van der Waals surface area (Å²) in [5, 5.41) is 1.25. The van der Waals surface area contributed by atoms with E-state index in [-0.39, 0.29) is 6.04 Å². The molecule has 1 atom stereocenters. The standard InChI is InChI=1S/C11H15N3/c12-6-9(13)5-8-7-14-11-4-2-1-3-10(8)11/h1-4,7,9,14H,5-6,12-13H2/t9-/m1/s1. The highest BCUT2D eigenvalue weighted by molar-refractivity contribution is 5.83. The van der Waals surface area contributed by atoms with Crippen molar-refractivity contribution in [1.29, 1.82) is 0 Å². The van der Waals surface area contributed by atoms with E-state index in [0.29, 0.717) is 6.54 Å². The summed E-state index contributed by atoms with van der Waals surface area (Å²) < 4.78 is 0. The molecule has 0 bridgehead atoms. The van der Waals surface area contributed by atoms with Crippen LogP contribution in [0.25, 0.3) is 10.9 Å². The van der Waals surface area contributed by atoms with E-state index in [1.165, 1.54) is 10.9 Å². The fourth-order valence-electron chi connectivity index (χ4n) is 1.67. The Labute approximate surface area is 83.1 Å². The summed E-state index contributed by atoms with van der Waals surface area (Å²) in [4.78, 5) is 3.22. The third-order valence-electron chi connectivity index (χ3n) is 2.46. The molecule has 0 amide bonds. The molecule has 0 fully saturated rings. The summed E-state index contributed by atoms with van der Waals surface area (Å²) in [6, 6.07) is 8.27. The highest BCUT2D eigenvalue weighted by Gasteiger charge is 2.06. The van der Waals surface area contributed by atoms with Gasteiger partial charge in [-0.3, -0.25) is 0 Å². The summed E-state index contributed by atoms with van der Waals surface area (Å²) in [6.07, 6.45) is 2.85. The normalized spacial score (nSPS) is 13.3. The van der Waals surface area contributed by atoms with Crippen LogP contribution in [-0.2, 0) is 6.42 Å². The van der Waals surface area contributed by atoms with E-state index in [2.05, 4.69) is 17.1 Å². The number of nitrogens with one attached hydrogen (secondary N) is 1. The van der Waals surface area contributed by atoms with Crippen molar-refractivity contribution in [1.82, 2.24) is 4.98 Å². The average Bonchev–Trinajstić information content (AvgIpc) is 2.62. The van der Waals surface area contributed by atoms with Gasteiger partial charge in [-0.25, -0.2) is 0 Å². The molecular weight excluding hydrogens is 174 g/mol. The zero-order chi connectivity index (χ0) is 9.97. The minimum absolute atomic E-state index is 0.0502. The summed E-state index contributed by atoms with van der Waals surface area (Å²) >= 11 is 0. The number of rotatable bonds is 3. The van der Waals surface area contributed by atoms with Gasteiger partial charge in [-0.1, -0.05) is 18.2 Å². The zero-order valence-electron chi connectivity index (χ0n) is 8.03. The zero-order valence-corrected chi connectivity index (χ0v) is 8.03. The number of nitrogens with two attached hydrogens (primary N) is 2. The molecule has 74 valence electrons. The SMILES string of the molecule is NC[C@H](N)Cc1c[nH]c2ccccc12. The lowest BCUT2D eigenvalue weighted by atomic mass is 10.1. The van der Waals surface area contributed by atoms with Gasteiger partial charge < -0.3 is 16.5 Å². The van der Waals surface area contributed by atoms with Crippen LogP contribution in [0.3, 0.4) is 0 Å². The van der Waals surface area contributed by atoms with Crippen molar-refractivity contribution < 1.29 is 0 Å². The number of para-hydroxylation sites is 1. The highest BCUT2D eigenvalue weighted by atomic mass is 14.7. The van der Waals surface area contributed by atoms with E-state index >= 15 is 0 Å². The van der Waals surface area contributed by atoms with E-state index < -0.39 is 0 Å². The summed E-state index contributed by atoms with van der Waals surface area (Å²) in [5.41, 5.74) is 13.7. The Balaban J connectivity index is 2.33. The number of fused-ring (bicyclic) bond motifs is 1. The minimum atomic E-state index is 0.0502. The molecule has 0 unspecified atom stereocenters. The van der Waals surface area contributed by atoms with Gasteiger partial charge in [0.25, 0.3) is 0 Å². The molecule has 2 rings (SSSR count). The molecule has 0 aliphatic heterocycles. The third kappa shape index (κ3) is 1.64. The van der Waals surface area contributed by atoms with Gasteiger partial charge in [0.05, 0.1) is 0 Å². The van der Waals surface area contributed by atoms with Crippen LogP contribution in [0.4, 0.5) is 0 Å². The average molecular weight is 189 g/mol. The maximum Gasteiger partial charge on any atom is 0.0456 e. The predicted octanol–water partition coefficient (Wildman–Crippen LogP) is 0.996. The third-order valence-corrected chi connectivity index (χ3v) is 2.46. The molecule has 0 saturated carbocycles. The second-order valence-corrected chi connectivity index (χ2v) is 3.56. The summed E-state index contributed by atoms with van der Waals surface area (Å²) in [7, 11) is 0. The Morgan fingerprint density at radius 3 is 2.86 bits per heavy atom. The van der Waals surface area contributed by atoms with Gasteiger partial charge in [-0.15, -0.1) is 0 Å². The number of aromatic nitrogens is 1. The van der Waals surface area contributed by atoms with Crippen LogP contribution < -0.4 is 11.5 Å². The first-order valence-corrected chi connectivity index (χ1v) is 4.82. The van der Waals surface area contributed by atoms with Crippen LogP contribution in [-0.4, -0.2) is 17.6 Å². The second-order valence-electron chi connectivity index (χ2n) is 3.56. The molecule has 3 heteroatoms. The van der Waals surface area contributed by atoms with Crippen molar-refractivity contribution in [2.24, 2.45) is 11.5 Å². The summed E-state index contributed by atoms with van der Waals surface area (Å²) in [6.45, 7) is 0.527. The summed E-state index contributed by atoms with van der Waals surface area (Å²) in [5.74, 6) is 0. The van der Waals surface area contributed by atoms with Gasteiger partial charge in [0.15, 0.2) is 0 Å². The van der Waals surface area contributed by atoms with E-state index in [4.69, 9.17) is 11.5 Å². The molecule has 0 aliphatic carbocycles. The molecule has 0 radical (unpaired) electrons. The number of hydrogen-bond donors (Lipinski definition) is 3. The molecule has 2 aromatic rings. The van der Waals surface area contributed by atoms with Crippen LogP contribution in [0.2, 0.25) is 0 Å². The number of H-pyrrole nitrogens is 1. The van der Waals surface area contributed by atoms with Crippen LogP contribution in [0.15, 0.2) is 30.5 Å². The van der Waals surface area contributed by atoms with Crippen molar-refractivity contribution in [3.63, 3.8) is 0 Å². The van der Waals surface area contributed by atoms with Crippen LogP contribution in [0.1, 0.15) is 5.56 Å². The smallest absolute Gasteiger partial charge is 0.0456 e. The van der Waals surface area contributed by atoms with Gasteiger partial charge in [0.2, 0.25) is 0 Å². The molecule has 1 aromatic heterocycles. The Bertz CT molecular complexity index is 419. The van der Waals surface area contributed by atoms with Crippen molar-refractivity contribution in [3.8, 4) is 0 Å². The first-order valence-electron chi connectivity index (χ1n) is 4.82. The van der Waals surface area contributed by atoms with Gasteiger partial charge in [0, 0.05) is 29.7 Å². The van der Waals surface area contributed by atoms with Crippen molar-refractivity contribution in [2.75, 3.05) is 6.54 Å². The van der Waals surface area contributed by atoms with Crippen molar-refractivity contribution in [2.45, 2.75) is 12.5 Å². The van der Waals surface area contributed by atoms with Gasteiger partial charge in [-0.2, -0.15) is 0 Å². The first-order chi connectivity index (χ1) is 6.81. The lowest BCUT2D eigenvalue weighted by Crippen LogP contribution is -2.31. The maximum atomic E-state index is 5.82. The first kappa shape index (κ1) is 9.24. The van der Waals surface area contributed by atoms with Gasteiger partial charge >= 0.3 is 0 Å². The Morgan fingerprint density at radius 1 is 1.29 bits per heavy atom. The Kier molecular flexibility index (Phi) is 2.52. The van der Waals surface area contributed by atoms with E-state index in [0.717, 1.165) is 11.9 Å². The topological polar surface area (TPSA) is 67.8 Å². The monoisotopic (exact) mass is 189 g/mol. The van der Waals surface area contributed by atoms with Crippen molar-refractivity contribution >= 4 is 10.9 Å². The molecule has 14 heavy (non-hydrogen) atoms.